The van der Waals surface area contributed by atoms with Gasteiger partial charge in [0, 0.05) is 52.2 Å². The van der Waals surface area contributed by atoms with E-state index in [0.29, 0.717) is 0 Å². The summed E-state index contributed by atoms with van der Waals surface area (Å²) in [5.74, 6) is 0. The van der Waals surface area contributed by atoms with E-state index in [4.69, 9.17) is 0 Å². The first kappa shape index (κ1) is 14.1. The van der Waals surface area contributed by atoms with Gasteiger partial charge in [-0.2, -0.15) is 0 Å². The summed E-state index contributed by atoms with van der Waals surface area (Å²) < 4.78 is 3.25. The SMILES string of the molecule is Cn1ccn(-c2ccc(CCN3CCNCC3)cc2)c1=O. The maximum absolute atomic E-state index is 11.9. The molecular formula is C16H22N4O. The maximum atomic E-state index is 11.9. The Morgan fingerprint density at radius 3 is 2.43 bits per heavy atom. The van der Waals surface area contributed by atoms with Gasteiger partial charge in [0.05, 0.1) is 5.69 Å². The minimum absolute atomic E-state index is 0.0106. The molecule has 2 heterocycles. The smallest absolute Gasteiger partial charge is 0.314 e. The summed E-state index contributed by atoms with van der Waals surface area (Å²) in [6.45, 7) is 5.56. The third-order valence-electron chi connectivity index (χ3n) is 4.09. The van der Waals surface area contributed by atoms with Crippen LogP contribution in [0.5, 0.6) is 0 Å². The summed E-state index contributed by atoms with van der Waals surface area (Å²) in [6, 6.07) is 8.29. The molecule has 1 aliphatic rings. The molecule has 2 aromatic rings. The molecule has 21 heavy (non-hydrogen) atoms. The Labute approximate surface area is 124 Å². The third kappa shape index (κ3) is 3.25. The van der Waals surface area contributed by atoms with Crippen molar-refractivity contribution in [3.63, 3.8) is 0 Å². The lowest BCUT2D eigenvalue weighted by molar-refractivity contribution is 0.244. The van der Waals surface area contributed by atoms with Gasteiger partial charge in [-0.1, -0.05) is 12.1 Å². The molecule has 0 atom stereocenters. The predicted octanol–water partition coefficient (Wildman–Crippen LogP) is 0.624. The third-order valence-corrected chi connectivity index (χ3v) is 4.09. The predicted molar refractivity (Wildman–Crippen MR) is 84.0 cm³/mol. The average Bonchev–Trinajstić information content (AvgIpc) is 2.87. The fraction of sp³-hybridized carbons (Fsp3) is 0.438. The van der Waals surface area contributed by atoms with Gasteiger partial charge in [0.2, 0.25) is 0 Å². The monoisotopic (exact) mass is 286 g/mol. The lowest BCUT2D eigenvalue weighted by atomic mass is 10.1. The first-order chi connectivity index (χ1) is 10.2. The highest BCUT2D eigenvalue weighted by Gasteiger charge is 2.09. The molecule has 3 rings (SSSR count). The Hall–Kier alpha value is -1.85. The summed E-state index contributed by atoms with van der Waals surface area (Å²) in [5, 5.41) is 3.37. The van der Waals surface area contributed by atoms with Crippen molar-refractivity contribution in [3.8, 4) is 5.69 Å². The standard InChI is InChI=1S/C16H22N4O/c1-18-12-13-20(16(18)21)15-4-2-14(3-5-15)6-9-19-10-7-17-8-11-19/h2-5,12-13,17H,6-11H2,1H3. The van der Waals surface area contributed by atoms with Crippen LogP contribution < -0.4 is 11.0 Å². The molecule has 1 aromatic heterocycles. The first-order valence-electron chi connectivity index (χ1n) is 7.50. The number of imidazole rings is 1. The minimum atomic E-state index is -0.0106. The molecule has 1 N–H and O–H groups in total. The van der Waals surface area contributed by atoms with E-state index in [-0.39, 0.29) is 5.69 Å². The van der Waals surface area contributed by atoms with Gasteiger partial charge in [-0.05, 0) is 24.1 Å². The molecule has 1 saturated heterocycles. The zero-order valence-corrected chi connectivity index (χ0v) is 12.5. The van der Waals surface area contributed by atoms with Gasteiger partial charge in [-0.15, -0.1) is 0 Å². The van der Waals surface area contributed by atoms with E-state index in [1.54, 1.807) is 28.6 Å². The van der Waals surface area contributed by atoms with E-state index in [1.807, 2.05) is 12.1 Å². The van der Waals surface area contributed by atoms with Crippen molar-refractivity contribution in [1.82, 2.24) is 19.4 Å². The number of benzene rings is 1. The van der Waals surface area contributed by atoms with Gasteiger partial charge in [-0.25, -0.2) is 4.79 Å². The van der Waals surface area contributed by atoms with Crippen LogP contribution in [0.2, 0.25) is 0 Å². The first-order valence-corrected chi connectivity index (χ1v) is 7.50. The second-order valence-electron chi connectivity index (χ2n) is 5.57. The molecule has 0 bridgehead atoms. The number of hydrogen-bond donors (Lipinski definition) is 1. The van der Waals surface area contributed by atoms with Crippen LogP contribution in [0.4, 0.5) is 0 Å². The summed E-state index contributed by atoms with van der Waals surface area (Å²) in [4.78, 5) is 14.4. The molecule has 0 unspecified atom stereocenters. The van der Waals surface area contributed by atoms with Crippen molar-refractivity contribution < 1.29 is 0 Å². The Morgan fingerprint density at radius 2 is 1.81 bits per heavy atom. The fourth-order valence-corrected chi connectivity index (χ4v) is 2.71. The second-order valence-corrected chi connectivity index (χ2v) is 5.57. The summed E-state index contributed by atoms with van der Waals surface area (Å²) in [5.41, 5.74) is 2.23. The van der Waals surface area contributed by atoms with Gasteiger partial charge in [0.15, 0.2) is 0 Å². The molecule has 0 saturated carbocycles. The van der Waals surface area contributed by atoms with E-state index in [0.717, 1.165) is 44.8 Å². The quantitative estimate of drug-likeness (QED) is 0.896. The van der Waals surface area contributed by atoms with Crippen LogP contribution in [0.25, 0.3) is 5.69 Å². The maximum Gasteiger partial charge on any atom is 0.332 e. The molecule has 112 valence electrons. The largest absolute Gasteiger partial charge is 0.332 e. The molecule has 0 spiro atoms. The van der Waals surface area contributed by atoms with Crippen molar-refractivity contribution >= 4 is 0 Å². The van der Waals surface area contributed by atoms with Crippen LogP contribution in [-0.2, 0) is 13.5 Å². The number of aryl methyl sites for hydroxylation is 1. The Kier molecular flexibility index (Phi) is 4.22. The van der Waals surface area contributed by atoms with Crippen molar-refractivity contribution in [2.45, 2.75) is 6.42 Å². The van der Waals surface area contributed by atoms with E-state index < -0.39 is 0 Å². The van der Waals surface area contributed by atoms with Crippen molar-refractivity contribution in [3.05, 3.63) is 52.7 Å². The van der Waals surface area contributed by atoms with Crippen molar-refractivity contribution in [2.24, 2.45) is 7.05 Å². The average molecular weight is 286 g/mol. The summed E-state index contributed by atoms with van der Waals surface area (Å²) >= 11 is 0. The minimum Gasteiger partial charge on any atom is -0.314 e. The van der Waals surface area contributed by atoms with Gasteiger partial charge >= 0.3 is 5.69 Å². The Bertz CT molecular complexity index is 635. The summed E-state index contributed by atoms with van der Waals surface area (Å²) in [6.07, 6.45) is 4.64. The molecule has 1 fully saturated rings. The van der Waals surface area contributed by atoms with Crippen LogP contribution in [-0.4, -0.2) is 46.8 Å². The van der Waals surface area contributed by atoms with Crippen molar-refractivity contribution in [1.29, 1.82) is 0 Å². The van der Waals surface area contributed by atoms with Gasteiger partial charge in [0.1, 0.15) is 0 Å². The molecule has 0 radical (unpaired) electrons. The van der Waals surface area contributed by atoms with Gasteiger partial charge in [0.25, 0.3) is 0 Å². The molecule has 1 aliphatic heterocycles. The van der Waals surface area contributed by atoms with E-state index in [9.17, 15) is 4.79 Å². The normalized spacial score (nSPS) is 16.2. The Balaban J connectivity index is 1.64. The highest BCUT2D eigenvalue weighted by Crippen LogP contribution is 2.09. The highest BCUT2D eigenvalue weighted by atomic mass is 16.1. The van der Waals surface area contributed by atoms with Crippen LogP contribution >= 0.6 is 0 Å². The number of aromatic nitrogens is 2. The van der Waals surface area contributed by atoms with Gasteiger partial charge < -0.3 is 14.8 Å². The highest BCUT2D eigenvalue weighted by molar-refractivity contribution is 5.34. The lowest BCUT2D eigenvalue weighted by Gasteiger charge is -2.27. The molecule has 5 heteroatoms. The number of nitrogens with one attached hydrogen (secondary N) is 1. The van der Waals surface area contributed by atoms with Crippen LogP contribution in [0.15, 0.2) is 41.5 Å². The van der Waals surface area contributed by atoms with Gasteiger partial charge in [-0.3, -0.25) is 4.57 Å². The lowest BCUT2D eigenvalue weighted by Crippen LogP contribution is -2.44. The zero-order chi connectivity index (χ0) is 14.7. The van der Waals surface area contributed by atoms with Crippen LogP contribution in [0.3, 0.4) is 0 Å². The van der Waals surface area contributed by atoms with Crippen molar-refractivity contribution in [2.75, 3.05) is 32.7 Å². The Morgan fingerprint density at radius 1 is 1.10 bits per heavy atom. The summed E-state index contributed by atoms with van der Waals surface area (Å²) in [7, 11) is 1.76. The second kappa shape index (κ2) is 6.28. The molecule has 0 amide bonds. The van der Waals surface area contributed by atoms with Crippen LogP contribution in [0, 0.1) is 0 Å². The molecule has 0 aliphatic carbocycles. The number of hydrogen-bond acceptors (Lipinski definition) is 3. The van der Waals surface area contributed by atoms with Crippen LogP contribution in [0.1, 0.15) is 5.56 Å². The number of rotatable bonds is 4. The number of nitrogens with zero attached hydrogens (tertiary/aromatic N) is 3. The van der Waals surface area contributed by atoms with E-state index in [2.05, 4.69) is 22.3 Å². The molecule has 1 aromatic carbocycles. The van der Waals surface area contributed by atoms with E-state index >= 15 is 0 Å². The number of piperazine rings is 1. The zero-order valence-electron chi connectivity index (χ0n) is 12.5. The fourth-order valence-electron chi connectivity index (χ4n) is 2.71. The molecular weight excluding hydrogens is 264 g/mol. The topological polar surface area (TPSA) is 42.2 Å². The van der Waals surface area contributed by atoms with E-state index in [1.165, 1.54) is 5.56 Å². The molecule has 5 nitrogen and oxygen atoms in total.